The maximum atomic E-state index is 11.8. The second kappa shape index (κ2) is 6.89. The summed E-state index contributed by atoms with van der Waals surface area (Å²) in [5.74, 6) is 0.0358. The third-order valence-electron chi connectivity index (χ3n) is 3.29. The molecule has 0 aliphatic heterocycles. The summed E-state index contributed by atoms with van der Waals surface area (Å²) in [6.07, 6.45) is 4.92. The van der Waals surface area contributed by atoms with Crippen LogP contribution in [-0.4, -0.2) is 35.0 Å². The van der Waals surface area contributed by atoms with E-state index >= 15 is 0 Å². The van der Waals surface area contributed by atoms with E-state index in [-0.39, 0.29) is 23.8 Å². The van der Waals surface area contributed by atoms with E-state index in [1.54, 1.807) is 11.8 Å². The first-order valence-corrected chi connectivity index (χ1v) is 7.46. The van der Waals surface area contributed by atoms with Crippen molar-refractivity contribution in [2.45, 2.75) is 38.6 Å². The standard InChI is InChI=1S/C12H21NO3S/c1-8(7-17-2)11(14)13-10-5-3-9(4-6-10)12(15)16/h8-10H,3-7H2,1-2H3,(H,13,14)(H,15,16). The number of carboxylic acid groups (broad SMARTS) is 1. The molecular formula is C12H21NO3S. The van der Waals surface area contributed by atoms with Crippen LogP contribution in [0.4, 0.5) is 0 Å². The Bertz CT molecular complexity index is 275. The summed E-state index contributed by atoms with van der Waals surface area (Å²) in [6.45, 7) is 1.93. The molecule has 1 fully saturated rings. The highest BCUT2D eigenvalue weighted by atomic mass is 32.2. The average molecular weight is 259 g/mol. The van der Waals surface area contributed by atoms with E-state index in [4.69, 9.17) is 5.11 Å². The van der Waals surface area contributed by atoms with Gasteiger partial charge in [0.2, 0.25) is 5.91 Å². The van der Waals surface area contributed by atoms with Crippen molar-refractivity contribution in [2.24, 2.45) is 11.8 Å². The van der Waals surface area contributed by atoms with Gasteiger partial charge in [0, 0.05) is 17.7 Å². The molecule has 1 aliphatic carbocycles. The average Bonchev–Trinajstić information content (AvgIpc) is 2.30. The Kier molecular flexibility index (Phi) is 5.82. The van der Waals surface area contributed by atoms with Gasteiger partial charge in [0.1, 0.15) is 0 Å². The Balaban J connectivity index is 2.30. The second-order valence-electron chi connectivity index (χ2n) is 4.75. The molecule has 2 N–H and O–H groups in total. The van der Waals surface area contributed by atoms with Crippen molar-refractivity contribution in [2.75, 3.05) is 12.0 Å². The number of hydrogen-bond acceptors (Lipinski definition) is 3. The molecule has 5 heteroatoms. The lowest BCUT2D eigenvalue weighted by Gasteiger charge is -2.27. The zero-order valence-electron chi connectivity index (χ0n) is 10.4. The number of carbonyl (C=O) groups is 2. The van der Waals surface area contributed by atoms with E-state index < -0.39 is 5.97 Å². The molecule has 4 nitrogen and oxygen atoms in total. The SMILES string of the molecule is CSCC(C)C(=O)NC1CCC(C(=O)O)CC1. The maximum absolute atomic E-state index is 11.8. The van der Waals surface area contributed by atoms with Crippen molar-refractivity contribution in [3.05, 3.63) is 0 Å². The van der Waals surface area contributed by atoms with Crippen LogP contribution in [0.3, 0.4) is 0 Å². The van der Waals surface area contributed by atoms with Crippen molar-refractivity contribution >= 4 is 23.6 Å². The van der Waals surface area contributed by atoms with Gasteiger partial charge in [-0.2, -0.15) is 11.8 Å². The lowest BCUT2D eigenvalue weighted by atomic mass is 9.86. The fourth-order valence-corrected chi connectivity index (χ4v) is 2.81. The first kappa shape index (κ1) is 14.4. The number of aliphatic carboxylic acids is 1. The number of amides is 1. The van der Waals surface area contributed by atoms with Crippen LogP contribution in [0, 0.1) is 11.8 Å². The van der Waals surface area contributed by atoms with Gasteiger partial charge in [-0.1, -0.05) is 6.92 Å². The van der Waals surface area contributed by atoms with Crippen LogP contribution in [-0.2, 0) is 9.59 Å². The monoisotopic (exact) mass is 259 g/mol. The molecule has 0 spiro atoms. The summed E-state index contributed by atoms with van der Waals surface area (Å²) in [4.78, 5) is 22.6. The van der Waals surface area contributed by atoms with Crippen molar-refractivity contribution < 1.29 is 14.7 Å². The van der Waals surface area contributed by atoms with Gasteiger partial charge in [-0.15, -0.1) is 0 Å². The van der Waals surface area contributed by atoms with Gasteiger partial charge in [-0.3, -0.25) is 9.59 Å². The first-order valence-electron chi connectivity index (χ1n) is 6.06. The lowest BCUT2D eigenvalue weighted by Crippen LogP contribution is -2.41. The largest absolute Gasteiger partial charge is 0.481 e. The highest BCUT2D eigenvalue weighted by Crippen LogP contribution is 2.24. The number of rotatable bonds is 5. The molecule has 1 atom stereocenters. The van der Waals surface area contributed by atoms with E-state index in [2.05, 4.69) is 5.32 Å². The van der Waals surface area contributed by atoms with Crippen LogP contribution < -0.4 is 5.32 Å². The number of hydrogen-bond donors (Lipinski definition) is 2. The predicted molar refractivity (Wildman–Crippen MR) is 69.1 cm³/mol. The molecule has 1 rings (SSSR count). The van der Waals surface area contributed by atoms with Crippen LogP contribution in [0.15, 0.2) is 0 Å². The lowest BCUT2D eigenvalue weighted by molar-refractivity contribution is -0.142. The minimum Gasteiger partial charge on any atom is -0.481 e. The number of carboxylic acids is 1. The molecule has 17 heavy (non-hydrogen) atoms. The van der Waals surface area contributed by atoms with Crippen molar-refractivity contribution in [3.63, 3.8) is 0 Å². The minimum atomic E-state index is -0.703. The maximum Gasteiger partial charge on any atom is 0.306 e. The van der Waals surface area contributed by atoms with Gasteiger partial charge in [0.05, 0.1) is 5.92 Å². The molecule has 0 aromatic heterocycles. The van der Waals surface area contributed by atoms with Gasteiger partial charge in [0.25, 0.3) is 0 Å². The molecule has 0 heterocycles. The minimum absolute atomic E-state index is 0.0298. The molecule has 0 aromatic carbocycles. The summed E-state index contributed by atoms with van der Waals surface area (Å²) >= 11 is 1.67. The fourth-order valence-electron chi connectivity index (χ4n) is 2.15. The zero-order valence-corrected chi connectivity index (χ0v) is 11.3. The molecule has 1 unspecified atom stereocenters. The summed E-state index contributed by atoms with van der Waals surface area (Å²) in [7, 11) is 0. The van der Waals surface area contributed by atoms with E-state index in [1.165, 1.54) is 0 Å². The molecule has 0 radical (unpaired) electrons. The Hall–Kier alpha value is -0.710. The van der Waals surface area contributed by atoms with E-state index in [0.29, 0.717) is 12.8 Å². The van der Waals surface area contributed by atoms with Gasteiger partial charge >= 0.3 is 5.97 Å². The van der Waals surface area contributed by atoms with Crippen molar-refractivity contribution in [1.29, 1.82) is 0 Å². The molecule has 0 saturated heterocycles. The molecule has 1 saturated carbocycles. The van der Waals surface area contributed by atoms with Crippen LogP contribution in [0.1, 0.15) is 32.6 Å². The number of nitrogens with one attached hydrogen (secondary N) is 1. The zero-order chi connectivity index (χ0) is 12.8. The highest BCUT2D eigenvalue weighted by Gasteiger charge is 2.27. The first-order chi connectivity index (χ1) is 8.04. The summed E-state index contributed by atoms with van der Waals surface area (Å²) in [6, 6.07) is 0.169. The predicted octanol–water partition coefficient (Wildman–Crippen LogP) is 1.75. The quantitative estimate of drug-likeness (QED) is 0.789. The van der Waals surface area contributed by atoms with Crippen LogP contribution in [0.25, 0.3) is 0 Å². The normalized spacial score (nSPS) is 26.2. The van der Waals surface area contributed by atoms with Crippen molar-refractivity contribution in [1.82, 2.24) is 5.32 Å². The summed E-state index contributed by atoms with van der Waals surface area (Å²) in [5, 5.41) is 11.9. The molecule has 0 bridgehead atoms. The number of carbonyl (C=O) groups excluding carboxylic acids is 1. The van der Waals surface area contributed by atoms with Crippen LogP contribution >= 0.6 is 11.8 Å². The second-order valence-corrected chi connectivity index (χ2v) is 5.66. The van der Waals surface area contributed by atoms with Gasteiger partial charge in [0.15, 0.2) is 0 Å². The van der Waals surface area contributed by atoms with E-state index in [9.17, 15) is 9.59 Å². The number of thioether (sulfide) groups is 1. The fraction of sp³-hybridized carbons (Fsp3) is 0.833. The topological polar surface area (TPSA) is 66.4 Å². The van der Waals surface area contributed by atoms with E-state index in [1.807, 2.05) is 13.2 Å². The Morgan fingerprint density at radius 2 is 1.94 bits per heavy atom. The Morgan fingerprint density at radius 3 is 2.41 bits per heavy atom. The smallest absolute Gasteiger partial charge is 0.306 e. The summed E-state index contributed by atoms with van der Waals surface area (Å²) in [5.41, 5.74) is 0. The molecule has 0 aromatic rings. The summed E-state index contributed by atoms with van der Waals surface area (Å²) < 4.78 is 0. The van der Waals surface area contributed by atoms with Crippen LogP contribution in [0.5, 0.6) is 0 Å². The molecular weight excluding hydrogens is 238 g/mol. The highest BCUT2D eigenvalue weighted by molar-refractivity contribution is 7.98. The Morgan fingerprint density at radius 1 is 1.35 bits per heavy atom. The van der Waals surface area contributed by atoms with E-state index in [0.717, 1.165) is 18.6 Å². The van der Waals surface area contributed by atoms with Crippen LogP contribution in [0.2, 0.25) is 0 Å². The van der Waals surface area contributed by atoms with Gasteiger partial charge in [-0.25, -0.2) is 0 Å². The molecule has 98 valence electrons. The van der Waals surface area contributed by atoms with Gasteiger partial charge < -0.3 is 10.4 Å². The third-order valence-corrected chi connectivity index (χ3v) is 4.12. The molecule has 1 amide bonds. The van der Waals surface area contributed by atoms with Crippen molar-refractivity contribution in [3.8, 4) is 0 Å². The molecule has 1 aliphatic rings. The van der Waals surface area contributed by atoms with Gasteiger partial charge in [-0.05, 0) is 31.9 Å². The Labute approximate surface area is 107 Å². The third kappa shape index (κ3) is 4.58.